The fourth-order valence-corrected chi connectivity index (χ4v) is 2.51. The standard InChI is InChI=1S/C15H19F2NO/c1-10-5-4-8-18(10)14(19)11-6-7-13(16)12(9-11)15(2,3)17/h6-7,9-10H,4-5,8H2,1-3H3. The van der Waals surface area contributed by atoms with E-state index < -0.39 is 11.5 Å². The lowest BCUT2D eigenvalue weighted by Gasteiger charge is -2.23. The van der Waals surface area contributed by atoms with Gasteiger partial charge in [0.25, 0.3) is 5.91 Å². The number of likely N-dealkylation sites (tertiary alicyclic amines) is 1. The Labute approximate surface area is 112 Å². The minimum Gasteiger partial charge on any atom is -0.336 e. The quantitative estimate of drug-likeness (QED) is 0.801. The van der Waals surface area contributed by atoms with E-state index in [1.165, 1.54) is 32.0 Å². The van der Waals surface area contributed by atoms with Gasteiger partial charge in [0.05, 0.1) is 0 Å². The Morgan fingerprint density at radius 1 is 1.42 bits per heavy atom. The van der Waals surface area contributed by atoms with Crippen molar-refractivity contribution in [1.29, 1.82) is 0 Å². The van der Waals surface area contributed by atoms with Crippen LogP contribution in [0.2, 0.25) is 0 Å². The molecule has 1 amide bonds. The summed E-state index contributed by atoms with van der Waals surface area (Å²) < 4.78 is 27.5. The molecule has 1 unspecified atom stereocenters. The molecule has 1 heterocycles. The van der Waals surface area contributed by atoms with Crippen molar-refractivity contribution in [3.05, 3.63) is 35.1 Å². The summed E-state index contributed by atoms with van der Waals surface area (Å²) in [5.74, 6) is -0.756. The Morgan fingerprint density at radius 2 is 2.11 bits per heavy atom. The van der Waals surface area contributed by atoms with Crippen molar-refractivity contribution in [2.24, 2.45) is 0 Å². The van der Waals surface area contributed by atoms with E-state index >= 15 is 0 Å². The average molecular weight is 267 g/mol. The molecule has 0 bridgehead atoms. The highest BCUT2D eigenvalue weighted by Gasteiger charge is 2.29. The van der Waals surface area contributed by atoms with Crippen LogP contribution < -0.4 is 0 Å². The zero-order valence-corrected chi connectivity index (χ0v) is 11.5. The van der Waals surface area contributed by atoms with Gasteiger partial charge in [-0.15, -0.1) is 0 Å². The van der Waals surface area contributed by atoms with Crippen LogP contribution in [0.5, 0.6) is 0 Å². The number of halogens is 2. The van der Waals surface area contributed by atoms with E-state index in [0.717, 1.165) is 12.8 Å². The highest BCUT2D eigenvalue weighted by atomic mass is 19.1. The fourth-order valence-electron chi connectivity index (χ4n) is 2.51. The fraction of sp³-hybridized carbons (Fsp3) is 0.533. The van der Waals surface area contributed by atoms with Crippen LogP contribution in [0.4, 0.5) is 8.78 Å². The van der Waals surface area contributed by atoms with E-state index in [9.17, 15) is 13.6 Å². The summed E-state index contributed by atoms with van der Waals surface area (Å²) in [7, 11) is 0. The number of nitrogens with zero attached hydrogens (tertiary/aromatic N) is 1. The van der Waals surface area contributed by atoms with Gasteiger partial charge in [0, 0.05) is 23.7 Å². The Morgan fingerprint density at radius 3 is 2.63 bits per heavy atom. The second-order valence-corrected chi connectivity index (χ2v) is 5.66. The zero-order valence-electron chi connectivity index (χ0n) is 11.5. The van der Waals surface area contributed by atoms with Crippen LogP contribution >= 0.6 is 0 Å². The second kappa shape index (κ2) is 4.91. The molecule has 1 fully saturated rings. The number of carbonyl (C=O) groups excluding carboxylic acids is 1. The zero-order chi connectivity index (χ0) is 14.2. The summed E-state index contributed by atoms with van der Waals surface area (Å²) in [4.78, 5) is 14.1. The number of alkyl halides is 1. The molecule has 2 nitrogen and oxygen atoms in total. The third-order valence-corrected chi connectivity index (χ3v) is 3.67. The smallest absolute Gasteiger partial charge is 0.254 e. The highest BCUT2D eigenvalue weighted by Crippen LogP contribution is 2.29. The van der Waals surface area contributed by atoms with Gasteiger partial charge < -0.3 is 4.90 Å². The van der Waals surface area contributed by atoms with Crippen molar-refractivity contribution in [2.45, 2.75) is 45.3 Å². The van der Waals surface area contributed by atoms with Gasteiger partial charge >= 0.3 is 0 Å². The molecule has 1 aliphatic rings. The minimum atomic E-state index is -1.79. The summed E-state index contributed by atoms with van der Waals surface area (Å²) in [6, 6.07) is 4.13. The lowest BCUT2D eigenvalue weighted by atomic mass is 9.97. The number of amides is 1. The predicted molar refractivity (Wildman–Crippen MR) is 70.3 cm³/mol. The predicted octanol–water partition coefficient (Wildman–Crippen LogP) is 3.65. The van der Waals surface area contributed by atoms with Crippen LogP contribution in [0.25, 0.3) is 0 Å². The van der Waals surface area contributed by atoms with Gasteiger partial charge in [-0.25, -0.2) is 8.78 Å². The normalized spacial score (nSPS) is 19.8. The Balaban J connectivity index is 2.33. The van der Waals surface area contributed by atoms with E-state index in [0.29, 0.717) is 12.1 Å². The first-order valence-electron chi connectivity index (χ1n) is 6.60. The van der Waals surface area contributed by atoms with Crippen molar-refractivity contribution < 1.29 is 13.6 Å². The molecule has 1 aliphatic heterocycles. The Bertz CT molecular complexity index is 493. The molecule has 1 saturated heterocycles. The summed E-state index contributed by atoms with van der Waals surface area (Å²) in [6.07, 6.45) is 1.96. The minimum absolute atomic E-state index is 0.0646. The largest absolute Gasteiger partial charge is 0.336 e. The molecule has 1 aromatic carbocycles. The second-order valence-electron chi connectivity index (χ2n) is 5.66. The van der Waals surface area contributed by atoms with Crippen LogP contribution in [0.1, 0.15) is 49.5 Å². The molecular formula is C15H19F2NO. The van der Waals surface area contributed by atoms with Gasteiger partial charge in [-0.3, -0.25) is 4.79 Å². The van der Waals surface area contributed by atoms with E-state index in [4.69, 9.17) is 0 Å². The molecule has 0 spiro atoms. The molecule has 0 aliphatic carbocycles. The highest BCUT2D eigenvalue weighted by molar-refractivity contribution is 5.94. The van der Waals surface area contributed by atoms with Crippen molar-refractivity contribution in [3.8, 4) is 0 Å². The summed E-state index contributed by atoms with van der Waals surface area (Å²) in [5, 5.41) is 0. The topological polar surface area (TPSA) is 20.3 Å². The van der Waals surface area contributed by atoms with Crippen LogP contribution in [0.3, 0.4) is 0 Å². The average Bonchev–Trinajstić information content (AvgIpc) is 2.73. The first-order chi connectivity index (χ1) is 8.80. The first kappa shape index (κ1) is 14.0. The summed E-state index contributed by atoms with van der Waals surface area (Å²) >= 11 is 0. The van der Waals surface area contributed by atoms with Crippen LogP contribution in [0, 0.1) is 5.82 Å². The Kier molecular flexibility index (Phi) is 3.61. The summed E-state index contributed by atoms with van der Waals surface area (Å²) in [6.45, 7) is 5.29. The van der Waals surface area contributed by atoms with Gasteiger partial charge in [-0.05, 0) is 51.8 Å². The SMILES string of the molecule is CC1CCCN1C(=O)c1ccc(F)c(C(C)(C)F)c1. The Hall–Kier alpha value is -1.45. The molecule has 0 radical (unpaired) electrons. The first-order valence-corrected chi connectivity index (χ1v) is 6.60. The lowest BCUT2D eigenvalue weighted by molar-refractivity contribution is 0.0747. The van der Waals surface area contributed by atoms with E-state index in [1.807, 2.05) is 6.92 Å². The van der Waals surface area contributed by atoms with E-state index in [1.54, 1.807) is 4.90 Å². The molecule has 0 saturated carbocycles. The monoisotopic (exact) mass is 267 g/mol. The van der Waals surface area contributed by atoms with Gasteiger partial charge in [0.15, 0.2) is 0 Å². The van der Waals surface area contributed by atoms with E-state index in [2.05, 4.69) is 0 Å². The van der Waals surface area contributed by atoms with Crippen molar-refractivity contribution in [3.63, 3.8) is 0 Å². The van der Waals surface area contributed by atoms with Crippen molar-refractivity contribution in [2.75, 3.05) is 6.54 Å². The molecular weight excluding hydrogens is 248 g/mol. The van der Waals surface area contributed by atoms with Crippen molar-refractivity contribution >= 4 is 5.91 Å². The third kappa shape index (κ3) is 2.77. The number of benzene rings is 1. The van der Waals surface area contributed by atoms with Crippen LogP contribution in [-0.2, 0) is 5.67 Å². The number of rotatable bonds is 2. The molecule has 4 heteroatoms. The maximum atomic E-state index is 13.9. The van der Waals surface area contributed by atoms with Crippen molar-refractivity contribution in [1.82, 2.24) is 4.90 Å². The molecule has 104 valence electrons. The molecule has 0 aromatic heterocycles. The van der Waals surface area contributed by atoms with Gasteiger partial charge in [0.1, 0.15) is 11.5 Å². The van der Waals surface area contributed by atoms with Crippen LogP contribution in [0.15, 0.2) is 18.2 Å². The molecule has 2 rings (SSSR count). The maximum Gasteiger partial charge on any atom is 0.254 e. The molecule has 19 heavy (non-hydrogen) atoms. The van der Waals surface area contributed by atoms with Gasteiger partial charge in [0.2, 0.25) is 0 Å². The number of hydrogen-bond donors (Lipinski definition) is 0. The number of carbonyl (C=O) groups is 1. The van der Waals surface area contributed by atoms with E-state index in [-0.39, 0.29) is 17.5 Å². The van der Waals surface area contributed by atoms with Crippen LogP contribution in [-0.4, -0.2) is 23.4 Å². The molecule has 1 aromatic rings. The molecule has 0 N–H and O–H groups in total. The maximum absolute atomic E-state index is 13.9. The summed E-state index contributed by atoms with van der Waals surface area (Å²) in [5.41, 5.74) is -1.50. The van der Waals surface area contributed by atoms with Gasteiger partial charge in [-0.1, -0.05) is 0 Å². The molecule has 1 atom stereocenters. The third-order valence-electron chi connectivity index (χ3n) is 3.67. The lowest BCUT2D eigenvalue weighted by Crippen LogP contribution is -2.33. The number of hydrogen-bond acceptors (Lipinski definition) is 1. The van der Waals surface area contributed by atoms with Gasteiger partial charge in [-0.2, -0.15) is 0 Å².